The average molecular weight is 401 g/mol. The van der Waals surface area contributed by atoms with E-state index in [1.807, 2.05) is 0 Å². The first-order valence-corrected chi connectivity index (χ1v) is 8.70. The standard InChI is InChI=1S/C15H14ClF5N2OS/c1-6(2)5-7-8(12(16)24)10(13(17)18)23-11(15(19,20)21)9(7)14-22-3-4-25-14/h6,13H,3-5H2,1-2H3. The first kappa shape index (κ1) is 20.1. The Bertz CT molecular complexity index is 719. The summed E-state index contributed by atoms with van der Waals surface area (Å²) >= 11 is 6.52. The number of hydrogen-bond donors (Lipinski definition) is 0. The number of carbonyl (C=O) groups excluding carboxylic acids is 1. The molecule has 0 fully saturated rings. The number of halogens is 6. The largest absolute Gasteiger partial charge is 0.434 e. The molecular formula is C15H14ClF5N2OS. The van der Waals surface area contributed by atoms with Gasteiger partial charge in [-0.05, 0) is 29.5 Å². The van der Waals surface area contributed by atoms with Crippen LogP contribution < -0.4 is 0 Å². The molecule has 0 N–H and O–H groups in total. The normalized spacial score (nSPS) is 15.2. The number of thioether (sulfide) groups is 1. The zero-order chi connectivity index (χ0) is 18.9. The van der Waals surface area contributed by atoms with Crippen LogP contribution in [0.2, 0.25) is 0 Å². The van der Waals surface area contributed by atoms with E-state index in [4.69, 9.17) is 11.6 Å². The molecule has 25 heavy (non-hydrogen) atoms. The van der Waals surface area contributed by atoms with Crippen molar-refractivity contribution in [2.45, 2.75) is 32.9 Å². The van der Waals surface area contributed by atoms with Gasteiger partial charge in [0.1, 0.15) is 10.7 Å². The summed E-state index contributed by atoms with van der Waals surface area (Å²) in [7, 11) is 0. The van der Waals surface area contributed by atoms with Crippen LogP contribution in [0.5, 0.6) is 0 Å². The topological polar surface area (TPSA) is 42.3 Å². The summed E-state index contributed by atoms with van der Waals surface area (Å²) < 4.78 is 67.1. The summed E-state index contributed by atoms with van der Waals surface area (Å²) in [6.07, 6.45) is -8.37. The summed E-state index contributed by atoms with van der Waals surface area (Å²) in [5.41, 5.74) is -3.91. The second kappa shape index (κ2) is 7.57. The van der Waals surface area contributed by atoms with Crippen molar-refractivity contribution in [3.05, 3.63) is 28.1 Å². The summed E-state index contributed by atoms with van der Waals surface area (Å²) in [4.78, 5) is 18.9. The van der Waals surface area contributed by atoms with Crippen LogP contribution in [0.25, 0.3) is 0 Å². The lowest BCUT2D eigenvalue weighted by Crippen LogP contribution is -2.22. The minimum atomic E-state index is -4.97. The molecule has 0 spiro atoms. The highest BCUT2D eigenvalue weighted by atomic mass is 35.5. The fraction of sp³-hybridized carbons (Fsp3) is 0.533. The lowest BCUT2D eigenvalue weighted by Gasteiger charge is -2.21. The molecule has 0 radical (unpaired) electrons. The van der Waals surface area contributed by atoms with Crippen molar-refractivity contribution in [3.8, 4) is 0 Å². The molecule has 138 valence electrons. The average Bonchev–Trinajstić information content (AvgIpc) is 2.97. The maximum Gasteiger partial charge on any atom is 0.434 e. The van der Waals surface area contributed by atoms with Gasteiger partial charge in [0.15, 0.2) is 5.69 Å². The zero-order valence-electron chi connectivity index (χ0n) is 13.3. The summed E-state index contributed by atoms with van der Waals surface area (Å²) in [6.45, 7) is 3.70. The van der Waals surface area contributed by atoms with Gasteiger partial charge in [0.2, 0.25) is 0 Å². The zero-order valence-corrected chi connectivity index (χ0v) is 14.8. The number of nitrogens with zero attached hydrogens (tertiary/aromatic N) is 2. The SMILES string of the molecule is CC(C)Cc1c(C(=O)Cl)c(C(F)F)nc(C(F)(F)F)c1C1=NCCS1. The number of carbonyl (C=O) groups is 1. The van der Waals surface area contributed by atoms with Crippen LogP contribution in [0.15, 0.2) is 4.99 Å². The van der Waals surface area contributed by atoms with E-state index >= 15 is 0 Å². The first-order valence-electron chi connectivity index (χ1n) is 7.33. The van der Waals surface area contributed by atoms with Gasteiger partial charge >= 0.3 is 6.18 Å². The molecule has 1 aliphatic rings. The maximum atomic E-state index is 13.5. The van der Waals surface area contributed by atoms with Gasteiger partial charge in [0.05, 0.1) is 5.56 Å². The van der Waals surface area contributed by atoms with Crippen LogP contribution >= 0.6 is 23.4 Å². The van der Waals surface area contributed by atoms with Crippen LogP contribution in [0, 0.1) is 5.92 Å². The van der Waals surface area contributed by atoms with Crippen molar-refractivity contribution >= 4 is 33.6 Å². The van der Waals surface area contributed by atoms with Gasteiger partial charge in [-0.15, -0.1) is 11.8 Å². The lowest BCUT2D eigenvalue weighted by atomic mass is 9.91. The molecule has 0 aliphatic carbocycles. The molecule has 1 aromatic rings. The van der Waals surface area contributed by atoms with Gasteiger partial charge in [0.25, 0.3) is 11.7 Å². The van der Waals surface area contributed by atoms with Gasteiger partial charge in [-0.1, -0.05) is 13.8 Å². The fourth-order valence-corrected chi connectivity index (χ4v) is 3.70. The highest BCUT2D eigenvalue weighted by Gasteiger charge is 2.42. The van der Waals surface area contributed by atoms with E-state index in [1.165, 1.54) is 0 Å². The van der Waals surface area contributed by atoms with Gasteiger partial charge in [0, 0.05) is 17.9 Å². The number of rotatable bonds is 5. The van der Waals surface area contributed by atoms with E-state index in [0.717, 1.165) is 11.8 Å². The summed E-state index contributed by atoms with van der Waals surface area (Å²) in [6, 6.07) is 0. The number of aliphatic imine (C=N–C) groups is 1. The molecule has 0 amide bonds. The molecule has 2 heterocycles. The number of pyridine rings is 1. The predicted octanol–water partition coefficient (Wildman–Crippen LogP) is 5.11. The van der Waals surface area contributed by atoms with E-state index in [2.05, 4.69) is 9.98 Å². The number of hydrogen-bond acceptors (Lipinski definition) is 4. The molecule has 0 unspecified atom stereocenters. The van der Waals surface area contributed by atoms with Crippen LogP contribution in [0.3, 0.4) is 0 Å². The van der Waals surface area contributed by atoms with E-state index in [1.54, 1.807) is 13.8 Å². The minimum absolute atomic E-state index is 0.0337. The van der Waals surface area contributed by atoms with Gasteiger partial charge in [-0.3, -0.25) is 9.79 Å². The number of alkyl halides is 5. The first-order chi connectivity index (χ1) is 11.5. The van der Waals surface area contributed by atoms with Crippen molar-refractivity contribution in [1.29, 1.82) is 0 Å². The molecule has 0 saturated heterocycles. The Hall–Kier alpha value is -1.22. The summed E-state index contributed by atoms with van der Waals surface area (Å²) in [5, 5.41) is -1.20. The Morgan fingerprint density at radius 2 is 1.96 bits per heavy atom. The second-order valence-corrected chi connectivity index (χ2v) is 7.21. The third-order valence-electron chi connectivity index (χ3n) is 3.41. The molecular weight excluding hydrogens is 387 g/mol. The minimum Gasteiger partial charge on any atom is -0.277 e. The van der Waals surface area contributed by atoms with Crippen molar-refractivity contribution in [3.63, 3.8) is 0 Å². The van der Waals surface area contributed by atoms with Crippen LogP contribution in [-0.2, 0) is 12.6 Å². The molecule has 0 saturated carbocycles. The third kappa shape index (κ3) is 4.31. The van der Waals surface area contributed by atoms with Crippen molar-refractivity contribution in [2.75, 3.05) is 12.3 Å². The molecule has 1 aliphatic heterocycles. The molecule has 0 bridgehead atoms. The Labute approximate surface area is 150 Å². The molecule has 3 nitrogen and oxygen atoms in total. The van der Waals surface area contributed by atoms with Crippen molar-refractivity contribution < 1.29 is 26.7 Å². The molecule has 0 atom stereocenters. The second-order valence-electron chi connectivity index (χ2n) is 5.78. The van der Waals surface area contributed by atoms with Crippen LogP contribution in [0.4, 0.5) is 22.0 Å². The quantitative estimate of drug-likeness (QED) is 0.509. The fourth-order valence-electron chi connectivity index (χ4n) is 2.57. The van der Waals surface area contributed by atoms with E-state index in [-0.39, 0.29) is 22.9 Å². The van der Waals surface area contributed by atoms with E-state index < -0.39 is 40.4 Å². The van der Waals surface area contributed by atoms with Gasteiger partial charge in [-0.2, -0.15) is 13.2 Å². The highest BCUT2D eigenvalue weighted by molar-refractivity contribution is 8.14. The Kier molecular flexibility index (Phi) is 6.09. The molecule has 2 rings (SSSR count). The predicted molar refractivity (Wildman–Crippen MR) is 86.8 cm³/mol. The lowest BCUT2D eigenvalue weighted by molar-refractivity contribution is -0.141. The van der Waals surface area contributed by atoms with Crippen molar-refractivity contribution in [1.82, 2.24) is 4.98 Å². The van der Waals surface area contributed by atoms with E-state index in [9.17, 15) is 26.7 Å². The third-order valence-corrected chi connectivity index (χ3v) is 4.59. The Morgan fingerprint density at radius 3 is 2.36 bits per heavy atom. The van der Waals surface area contributed by atoms with Crippen molar-refractivity contribution in [2.24, 2.45) is 10.9 Å². The highest BCUT2D eigenvalue weighted by Crippen LogP contribution is 2.40. The monoisotopic (exact) mass is 400 g/mol. The van der Waals surface area contributed by atoms with Crippen LogP contribution in [0.1, 0.15) is 53.1 Å². The Balaban J connectivity index is 2.93. The smallest absolute Gasteiger partial charge is 0.277 e. The van der Waals surface area contributed by atoms with E-state index in [0.29, 0.717) is 12.3 Å². The van der Waals surface area contributed by atoms with Gasteiger partial charge in [-0.25, -0.2) is 13.8 Å². The molecule has 10 heteroatoms. The Morgan fingerprint density at radius 1 is 1.32 bits per heavy atom. The molecule has 0 aromatic carbocycles. The van der Waals surface area contributed by atoms with Gasteiger partial charge < -0.3 is 0 Å². The summed E-state index contributed by atoms with van der Waals surface area (Å²) in [5.74, 6) is 0.267. The molecule has 1 aromatic heterocycles. The maximum absolute atomic E-state index is 13.5. The number of aromatic nitrogens is 1. The van der Waals surface area contributed by atoms with Crippen LogP contribution in [-0.4, -0.2) is 27.6 Å².